The molecule has 4 aromatic rings. The van der Waals surface area contributed by atoms with Gasteiger partial charge in [-0.3, -0.25) is 0 Å². The minimum absolute atomic E-state index is 0.485. The summed E-state index contributed by atoms with van der Waals surface area (Å²) in [6.45, 7) is 0.626. The molecule has 2 aromatic heterocycles. The quantitative estimate of drug-likeness (QED) is 0.597. The van der Waals surface area contributed by atoms with Crippen LogP contribution in [-0.2, 0) is 6.54 Å². The molecule has 0 aliphatic heterocycles. The van der Waals surface area contributed by atoms with Crippen molar-refractivity contribution in [1.82, 2.24) is 20.0 Å². The van der Waals surface area contributed by atoms with Gasteiger partial charge in [-0.15, -0.1) is 5.10 Å². The van der Waals surface area contributed by atoms with Gasteiger partial charge >= 0.3 is 0 Å². The van der Waals surface area contributed by atoms with E-state index in [9.17, 15) is 0 Å². The van der Waals surface area contributed by atoms with Crippen molar-refractivity contribution in [3.63, 3.8) is 0 Å². The third-order valence-electron chi connectivity index (χ3n) is 3.87. The van der Waals surface area contributed by atoms with Gasteiger partial charge in [0.05, 0.1) is 12.7 Å². The Kier molecular flexibility index (Phi) is 4.30. The van der Waals surface area contributed by atoms with Crippen LogP contribution in [0.5, 0.6) is 11.5 Å². The molecule has 0 saturated heterocycles. The van der Waals surface area contributed by atoms with Crippen LogP contribution in [0.15, 0.2) is 79.1 Å². The third kappa shape index (κ3) is 3.70. The van der Waals surface area contributed by atoms with E-state index in [4.69, 9.17) is 10.5 Å². The Hall–Kier alpha value is -3.67. The van der Waals surface area contributed by atoms with E-state index in [1.54, 1.807) is 16.9 Å². The second-order valence-electron chi connectivity index (χ2n) is 5.83. The molecule has 0 saturated carbocycles. The summed E-state index contributed by atoms with van der Waals surface area (Å²) in [5.74, 6) is 2.10. The summed E-state index contributed by atoms with van der Waals surface area (Å²) in [6.07, 6.45) is 3.58. The molecule has 4 rings (SSSR count). The minimum atomic E-state index is 0.485. The van der Waals surface area contributed by atoms with Crippen molar-refractivity contribution in [1.29, 1.82) is 0 Å². The molecule has 0 bridgehead atoms. The van der Waals surface area contributed by atoms with Gasteiger partial charge in [0.15, 0.2) is 0 Å². The molecule has 0 aliphatic rings. The van der Waals surface area contributed by atoms with Gasteiger partial charge in [0, 0.05) is 11.8 Å². The molecule has 0 spiro atoms. The third-order valence-corrected chi connectivity index (χ3v) is 3.87. The molecule has 0 atom stereocenters. The predicted octanol–water partition coefficient (Wildman–Crippen LogP) is 3.76. The van der Waals surface area contributed by atoms with E-state index < -0.39 is 0 Å². The Labute approximate surface area is 150 Å². The summed E-state index contributed by atoms with van der Waals surface area (Å²) in [7, 11) is 0. The molecule has 128 valence electrons. The number of benzene rings is 2. The average Bonchev–Trinajstić information content (AvgIpc) is 3.13. The van der Waals surface area contributed by atoms with E-state index in [0.717, 1.165) is 28.3 Å². The van der Waals surface area contributed by atoms with Crippen molar-refractivity contribution in [2.75, 3.05) is 5.73 Å². The van der Waals surface area contributed by atoms with Gasteiger partial charge in [0.1, 0.15) is 23.0 Å². The molecular weight excluding hydrogens is 326 g/mol. The number of aromatic nitrogens is 4. The highest BCUT2D eigenvalue weighted by Crippen LogP contribution is 2.21. The van der Waals surface area contributed by atoms with E-state index in [1.807, 2.05) is 66.9 Å². The average molecular weight is 343 g/mol. The van der Waals surface area contributed by atoms with Crippen LogP contribution >= 0.6 is 0 Å². The molecule has 2 heterocycles. The number of ether oxygens (including phenoxy) is 1. The van der Waals surface area contributed by atoms with Crippen LogP contribution in [0.2, 0.25) is 0 Å². The summed E-state index contributed by atoms with van der Waals surface area (Å²) in [4.78, 5) is 4.08. The fourth-order valence-electron chi connectivity index (χ4n) is 2.54. The second-order valence-corrected chi connectivity index (χ2v) is 5.83. The van der Waals surface area contributed by atoms with Crippen LogP contribution < -0.4 is 10.5 Å². The molecule has 0 aliphatic carbocycles. The number of nitrogen functional groups attached to an aromatic ring is 1. The maximum Gasteiger partial charge on any atom is 0.127 e. The van der Waals surface area contributed by atoms with Crippen molar-refractivity contribution >= 4 is 5.82 Å². The molecule has 0 fully saturated rings. The lowest BCUT2D eigenvalue weighted by Crippen LogP contribution is -2.00. The van der Waals surface area contributed by atoms with Crippen molar-refractivity contribution in [3.8, 4) is 22.8 Å². The fourth-order valence-corrected chi connectivity index (χ4v) is 2.54. The van der Waals surface area contributed by atoms with Gasteiger partial charge < -0.3 is 10.5 Å². The molecule has 0 amide bonds. The van der Waals surface area contributed by atoms with Crippen molar-refractivity contribution in [2.45, 2.75) is 6.54 Å². The minimum Gasteiger partial charge on any atom is -0.457 e. The standard InChI is InChI=1S/C20H17N5O/c21-20-11-8-16(12-22-20)19-14-25(24-23-19)13-15-6-9-18(10-7-15)26-17-4-2-1-3-5-17/h1-12,14H,13H2,(H2,21,22). The first-order valence-corrected chi connectivity index (χ1v) is 8.20. The number of para-hydroxylation sites is 1. The molecule has 0 radical (unpaired) electrons. The SMILES string of the molecule is Nc1ccc(-c2cn(Cc3ccc(Oc4ccccc4)cc3)nn2)cn1. The van der Waals surface area contributed by atoms with Gasteiger partial charge in [-0.1, -0.05) is 35.5 Å². The summed E-state index contributed by atoms with van der Waals surface area (Å²) in [6, 6.07) is 21.3. The Morgan fingerprint density at radius 2 is 1.65 bits per heavy atom. The van der Waals surface area contributed by atoms with Gasteiger partial charge in [-0.25, -0.2) is 9.67 Å². The number of anilines is 1. The second kappa shape index (κ2) is 7.06. The Morgan fingerprint density at radius 1 is 0.885 bits per heavy atom. The maximum atomic E-state index is 5.80. The van der Waals surface area contributed by atoms with E-state index >= 15 is 0 Å². The van der Waals surface area contributed by atoms with E-state index in [2.05, 4.69) is 15.3 Å². The number of nitrogens with two attached hydrogens (primary N) is 1. The van der Waals surface area contributed by atoms with Crippen LogP contribution in [0.1, 0.15) is 5.56 Å². The summed E-state index contributed by atoms with van der Waals surface area (Å²) in [5.41, 5.74) is 8.37. The Morgan fingerprint density at radius 3 is 2.38 bits per heavy atom. The first-order chi connectivity index (χ1) is 12.8. The topological polar surface area (TPSA) is 78.9 Å². The maximum absolute atomic E-state index is 5.80. The lowest BCUT2D eigenvalue weighted by Gasteiger charge is -2.06. The number of hydrogen-bond donors (Lipinski definition) is 1. The highest BCUT2D eigenvalue weighted by molar-refractivity contribution is 5.57. The zero-order valence-corrected chi connectivity index (χ0v) is 14.0. The fraction of sp³-hybridized carbons (Fsp3) is 0.0500. The van der Waals surface area contributed by atoms with Crippen LogP contribution in [0.25, 0.3) is 11.3 Å². The normalized spacial score (nSPS) is 10.6. The summed E-state index contributed by atoms with van der Waals surface area (Å²) >= 11 is 0. The lowest BCUT2D eigenvalue weighted by atomic mass is 10.2. The molecule has 6 nitrogen and oxygen atoms in total. The molecular formula is C20H17N5O. The summed E-state index contributed by atoms with van der Waals surface area (Å²) in [5, 5.41) is 8.37. The lowest BCUT2D eigenvalue weighted by molar-refractivity contribution is 0.482. The number of hydrogen-bond acceptors (Lipinski definition) is 5. The van der Waals surface area contributed by atoms with Crippen LogP contribution in [-0.4, -0.2) is 20.0 Å². The van der Waals surface area contributed by atoms with Gasteiger partial charge in [-0.05, 0) is 42.0 Å². The molecule has 26 heavy (non-hydrogen) atoms. The number of nitrogens with zero attached hydrogens (tertiary/aromatic N) is 4. The van der Waals surface area contributed by atoms with Crippen molar-refractivity contribution in [3.05, 3.63) is 84.7 Å². The molecule has 2 aromatic carbocycles. The molecule has 2 N–H and O–H groups in total. The van der Waals surface area contributed by atoms with Crippen LogP contribution in [0.3, 0.4) is 0 Å². The zero-order chi connectivity index (χ0) is 17.8. The van der Waals surface area contributed by atoms with Crippen molar-refractivity contribution in [2.24, 2.45) is 0 Å². The molecule has 0 unspecified atom stereocenters. The highest BCUT2D eigenvalue weighted by atomic mass is 16.5. The Bertz CT molecular complexity index is 979. The van der Waals surface area contributed by atoms with Gasteiger partial charge in [0.25, 0.3) is 0 Å². The smallest absolute Gasteiger partial charge is 0.127 e. The zero-order valence-electron chi connectivity index (χ0n) is 14.0. The monoisotopic (exact) mass is 343 g/mol. The van der Waals surface area contributed by atoms with Gasteiger partial charge in [-0.2, -0.15) is 0 Å². The first-order valence-electron chi connectivity index (χ1n) is 8.20. The van der Waals surface area contributed by atoms with Crippen LogP contribution in [0.4, 0.5) is 5.82 Å². The Balaban J connectivity index is 1.44. The van der Waals surface area contributed by atoms with E-state index in [-0.39, 0.29) is 0 Å². The number of rotatable bonds is 5. The van der Waals surface area contributed by atoms with E-state index in [1.165, 1.54) is 0 Å². The predicted molar refractivity (Wildman–Crippen MR) is 99.7 cm³/mol. The molecule has 6 heteroatoms. The largest absolute Gasteiger partial charge is 0.457 e. The highest BCUT2D eigenvalue weighted by Gasteiger charge is 2.05. The van der Waals surface area contributed by atoms with E-state index in [0.29, 0.717) is 12.4 Å². The van der Waals surface area contributed by atoms with Gasteiger partial charge in [0.2, 0.25) is 0 Å². The first kappa shape index (κ1) is 15.8. The summed E-state index contributed by atoms with van der Waals surface area (Å²) < 4.78 is 7.59. The van der Waals surface area contributed by atoms with Crippen molar-refractivity contribution < 1.29 is 4.74 Å². The van der Waals surface area contributed by atoms with Crippen LogP contribution in [0, 0.1) is 0 Å². The number of pyridine rings is 1.